The van der Waals surface area contributed by atoms with Gasteiger partial charge >= 0.3 is 0 Å². The molecule has 1 heterocycles. The third-order valence-corrected chi connectivity index (χ3v) is 3.67. The molecule has 0 aromatic rings. The topological polar surface area (TPSA) is 55.8 Å². The molecule has 3 atom stereocenters. The first-order valence-corrected chi connectivity index (χ1v) is 6.60. The van der Waals surface area contributed by atoms with Gasteiger partial charge in [-0.2, -0.15) is 0 Å². The van der Waals surface area contributed by atoms with E-state index in [4.69, 9.17) is 9.99 Å². The van der Waals surface area contributed by atoms with Crippen LogP contribution in [-0.4, -0.2) is 28.3 Å². The number of ketones is 1. The second-order valence-electron chi connectivity index (χ2n) is 5.93. The number of carbonyl (C=O) groups excluding carboxylic acids is 1. The zero-order valence-corrected chi connectivity index (χ0v) is 12.2. The Morgan fingerprint density at radius 2 is 2.26 bits per heavy atom. The fourth-order valence-electron chi connectivity index (χ4n) is 2.04. The minimum Gasteiger partial charge on any atom is -0.367 e. The zero-order chi connectivity index (χ0) is 14.7. The molecule has 0 unspecified atom stereocenters. The van der Waals surface area contributed by atoms with Crippen molar-refractivity contribution >= 4 is 5.78 Å². The molecule has 0 bridgehead atoms. The van der Waals surface area contributed by atoms with Crippen molar-refractivity contribution in [1.82, 2.24) is 0 Å². The first-order chi connectivity index (χ1) is 8.73. The largest absolute Gasteiger partial charge is 0.367 e. The van der Waals surface area contributed by atoms with E-state index in [9.17, 15) is 4.79 Å². The Hall–Kier alpha value is -0.970. The Morgan fingerprint density at radius 3 is 2.74 bits per heavy atom. The van der Waals surface area contributed by atoms with E-state index in [0.29, 0.717) is 0 Å². The lowest BCUT2D eigenvalue weighted by Gasteiger charge is -2.23. The minimum absolute atomic E-state index is 0.0246. The summed E-state index contributed by atoms with van der Waals surface area (Å²) in [6.45, 7) is 10.9. The van der Waals surface area contributed by atoms with Gasteiger partial charge in [0, 0.05) is 5.92 Å². The molecule has 0 saturated carbocycles. The summed E-state index contributed by atoms with van der Waals surface area (Å²) in [5.41, 5.74) is -1.18. The van der Waals surface area contributed by atoms with Crippen LogP contribution in [0.2, 0.25) is 0 Å². The molecule has 4 nitrogen and oxygen atoms in total. The predicted molar refractivity (Wildman–Crippen MR) is 73.8 cm³/mol. The summed E-state index contributed by atoms with van der Waals surface area (Å²) >= 11 is 0. The summed E-state index contributed by atoms with van der Waals surface area (Å²) in [6, 6.07) is 0. The highest BCUT2D eigenvalue weighted by molar-refractivity contribution is 5.92. The average molecular weight is 268 g/mol. The lowest BCUT2D eigenvalue weighted by molar-refractivity contribution is -0.297. The summed E-state index contributed by atoms with van der Waals surface area (Å²) in [5, 5.41) is 8.66. The van der Waals surface area contributed by atoms with Crippen LogP contribution >= 0.6 is 0 Å². The average Bonchev–Trinajstić information content (AvgIpc) is 2.78. The SMILES string of the molecule is C=C[C@@]1(C)CC[C@H]([C@H](C)C(=O)/C=C/C(C)(C)OO)O1. The fraction of sp³-hybridized carbons (Fsp3) is 0.667. The highest BCUT2D eigenvalue weighted by Gasteiger charge is 2.37. The summed E-state index contributed by atoms with van der Waals surface area (Å²) in [5.74, 6) is -0.240. The van der Waals surface area contributed by atoms with Gasteiger partial charge in [-0.15, -0.1) is 6.58 Å². The van der Waals surface area contributed by atoms with Crippen LogP contribution in [0.15, 0.2) is 24.8 Å². The first kappa shape index (κ1) is 16.1. The van der Waals surface area contributed by atoms with Crippen molar-refractivity contribution in [2.24, 2.45) is 5.92 Å². The molecule has 19 heavy (non-hydrogen) atoms. The van der Waals surface area contributed by atoms with Crippen LogP contribution in [0, 0.1) is 5.92 Å². The van der Waals surface area contributed by atoms with Gasteiger partial charge in [0.1, 0.15) is 5.60 Å². The van der Waals surface area contributed by atoms with Crippen molar-refractivity contribution in [3.05, 3.63) is 24.8 Å². The molecular formula is C15H24O4. The van der Waals surface area contributed by atoms with Crippen LogP contribution < -0.4 is 0 Å². The fourth-order valence-corrected chi connectivity index (χ4v) is 2.04. The van der Waals surface area contributed by atoms with Gasteiger partial charge in [0.25, 0.3) is 0 Å². The third-order valence-electron chi connectivity index (χ3n) is 3.67. The van der Waals surface area contributed by atoms with E-state index in [0.717, 1.165) is 12.8 Å². The number of ether oxygens (including phenoxy) is 1. The number of hydrogen-bond donors (Lipinski definition) is 1. The van der Waals surface area contributed by atoms with Gasteiger partial charge in [0.2, 0.25) is 0 Å². The second kappa shape index (κ2) is 5.99. The Labute approximate surface area is 115 Å². The summed E-state index contributed by atoms with van der Waals surface area (Å²) in [4.78, 5) is 16.3. The van der Waals surface area contributed by atoms with Crippen molar-refractivity contribution in [3.63, 3.8) is 0 Å². The molecule has 1 N–H and O–H groups in total. The Bertz CT molecular complexity index is 372. The van der Waals surface area contributed by atoms with Crippen molar-refractivity contribution in [2.75, 3.05) is 0 Å². The van der Waals surface area contributed by atoms with E-state index in [1.807, 2.05) is 13.8 Å². The van der Waals surface area contributed by atoms with Crippen molar-refractivity contribution in [2.45, 2.75) is 57.8 Å². The number of carbonyl (C=O) groups is 1. The van der Waals surface area contributed by atoms with Gasteiger partial charge in [-0.3, -0.25) is 10.1 Å². The van der Waals surface area contributed by atoms with Crippen molar-refractivity contribution in [3.8, 4) is 0 Å². The van der Waals surface area contributed by atoms with Gasteiger partial charge in [0.15, 0.2) is 5.78 Å². The zero-order valence-electron chi connectivity index (χ0n) is 12.2. The molecular weight excluding hydrogens is 244 g/mol. The van der Waals surface area contributed by atoms with Crippen LogP contribution in [-0.2, 0) is 14.4 Å². The molecule has 1 fully saturated rings. The van der Waals surface area contributed by atoms with E-state index < -0.39 is 5.60 Å². The molecule has 108 valence electrons. The molecule has 0 aliphatic carbocycles. The monoisotopic (exact) mass is 268 g/mol. The molecule has 1 rings (SSSR count). The quantitative estimate of drug-likeness (QED) is 0.348. The maximum Gasteiger partial charge on any atom is 0.160 e. The molecule has 0 aromatic heterocycles. The summed E-state index contributed by atoms with van der Waals surface area (Å²) in [7, 11) is 0. The molecule has 0 spiro atoms. The lowest BCUT2D eigenvalue weighted by atomic mass is 9.94. The lowest BCUT2D eigenvalue weighted by Crippen LogP contribution is -2.29. The second-order valence-corrected chi connectivity index (χ2v) is 5.93. The maximum absolute atomic E-state index is 12.1. The highest BCUT2D eigenvalue weighted by Crippen LogP contribution is 2.34. The Balaban J connectivity index is 2.62. The van der Waals surface area contributed by atoms with Crippen LogP contribution in [0.4, 0.5) is 0 Å². The van der Waals surface area contributed by atoms with Crippen molar-refractivity contribution < 1.29 is 19.7 Å². The van der Waals surface area contributed by atoms with Crippen LogP contribution in [0.3, 0.4) is 0 Å². The van der Waals surface area contributed by atoms with E-state index in [2.05, 4.69) is 11.5 Å². The summed E-state index contributed by atoms with van der Waals surface area (Å²) < 4.78 is 5.89. The molecule has 0 aromatic carbocycles. The predicted octanol–water partition coefficient (Wildman–Crippen LogP) is 3.14. The number of rotatable bonds is 6. The smallest absolute Gasteiger partial charge is 0.160 e. The third kappa shape index (κ3) is 4.27. The highest BCUT2D eigenvalue weighted by atomic mass is 17.1. The molecule has 1 aliphatic heterocycles. The first-order valence-electron chi connectivity index (χ1n) is 6.60. The van der Waals surface area contributed by atoms with E-state index in [1.165, 1.54) is 6.08 Å². The van der Waals surface area contributed by atoms with Gasteiger partial charge in [-0.05, 0) is 45.8 Å². The van der Waals surface area contributed by atoms with Gasteiger partial charge in [-0.25, -0.2) is 4.89 Å². The number of allylic oxidation sites excluding steroid dienone is 1. The number of hydrogen-bond acceptors (Lipinski definition) is 4. The van der Waals surface area contributed by atoms with Crippen LogP contribution in [0.25, 0.3) is 0 Å². The van der Waals surface area contributed by atoms with Crippen molar-refractivity contribution in [1.29, 1.82) is 0 Å². The molecule has 0 amide bonds. The Kier molecular flexibility index (Phi) is 5.07. The van der Waals surface area contributed by atoms with Gasteiger partial charge < -0.3 is 4.74 Å². The molecule has 0 radical (unpaired) electrons. The standard InChI is InChI=1S/C15H24O4/c1-6-15(5)10-8-13(18-15)11(2)12(16)7-9-14(3,4)19-17/h6-7,9,11,13,17H,1,8,10H2,2-5H3/b9-7+/t11-,13-,15+/m1/s1. The minimum atomic E-state index is -0.860. The Morgan fingerprint density at radius 1 is 1.63 bits per heavy atom. The van der Waals surface area contributed by atoms with E-state index >= 15 is 0 Å². The maximum atomic E-state index is 12.1. The van der Waals surface area contributed by atoms with Gasteiger partial charge in [-0.1, -0.05) is 13.0 Å². The van der Waals surface area contributed by atoms with Crippen LogP contribution in [0.1, 0.15) is 40.5 Å². The van der Waals surface area contributed by atoms with Gasteiger partial charge in [0.05, 0.1) is 11.7 Å². The van der Waals surface area contributed by atoms with E-state index in [-0.39, 0.29) is 23.4 Å². The molecule has 1 saturated heterocycles. The summed E-state index contributed by atoms with van der Waals surface area (Å²) in [6.07, 6.45) is 6.44. The molecule has 4 heteroatoms. The molecule has 1 aliphatic rings. The van der Waals surface area contributed by atoms with E-state index in [1.54, 1.807) is 26.0 Å². The van der Waals surface area contributed by atoms with Crippen LogP contribution in [0.5, 0.6) is 0 Å². The normalized spacial score (nSPS) is 29.6.